The Hall–Kier alpha value is -0.930. The van der Waals surface area contributed by atoms with Gasteiger partial charge in [0.1, 0.15) is 11.9 Å². The first kappa shape index (κ1) is 13.1. The molecule has 3 heteroatoms. The van der Waals surface area contributed by atoms with E-state index in [-0.39, 0.29) is 11.9 Å². The van der Waals surface area contributed by atoms with Gasteiger partial charge in [-0.25, -0.2) is 4.39 Å². The molecule has 0 fully saturated rings. The largest absolute Gasteiger partial charge is 0.386 e. The summed E-state index contributed by atoms with van der Waals surface area (Å²) in [7, 11) is 1.57. The van der Waals surface area contributed by atoms with Crippen LogP contribution in [0.5, 0.6) is 0 Å². The van der Waals surface area contributed by atoms with Crippen molar-refractivity contribution in [2.75, 3.05) is 7.11 Å². The fourth-order valence-corrected chi connectivity index (χ4v) is 1.82. The molecular formula is C13H19FO2. The topological polar surface area (TPSA) is 29.5 Å². The van der Waals surface area contributed by atoms with Crippen LogP contribution in [0.3, 0.4) is 0 Å². The van der Waals surface area contributed by atoms with E-state index in [1.807, 2.05) is 13.8 Å². The van der Waals surface area contributed by atoms with Crippen molar-refractivity contribution in [3.05, 3.63) is 35.1 Å². The van der Waals surface area contributed by atoms with Gasteiger partial charge in [-0.2, -0.15) is 0 Å². The van der Waals surface area contributed by atoms with Crippen LogP contribution in [-0.4, -0.2) is 18.3 Å². The molecule has 0 saturated heterocycles. The van der Waals surface area contributed by atoms with Gasteiger partial charge in [-0.3, -0.25) is 0 Å². The fourth-order valence-electron chi connectivity index (χ4n) is 1.82. The number of methoxy groups -OCH3 is 1. The number of aryl methyl sites for hydroxylation is 1. The van der Waals surface area contributed by atoms with Crippen LogP contribution in [0.1, 0.15) is 37.0 Å². The van der Waals surface area contributed by atoms with Crippen molar-refractivity contribution < 1.29 is 14.2 Å². The van der Waals surface area contributed by atoms with Crippen LogP contribution in [0, 0.1) is 12.7 Å². The highest BCUT2D eigenvalue weighted by atomic mass is 19.1. The number of ether oxygens (including phenoxy) is 1. The molecule has 2 unspecified atom stereocenters. The molecule has 0 aliphatic rings. The zero-order valence-corrected chi connectivity index (χ0v) is 10.0. The Kier molecular flexibility index (Phi) is 4.90. The van der Waals surface area contributed by atoms with E-state index in [2.05, 4.69) is 0 Å². The maximum absolute atomic E-state index is 13.1. The summed E-state index contributed by atoms with van der Waals surface area (Å²) in [5.41, 5.74) is 1.49. The summed E-state index contributed by atoms with van der Waals surface area (Å²) >= 11 is 0. The molecule has 0 aliphatic carbocycles. The van der Waals surface area contributed by atoms with E-state index >= 15 is 0 Å². The second kappa shape index (κ2) is 5.97. The molecule has 0 aliphatic heterocycles. The quantitative estimate of drug-likeness (QED) is 0.836. The van der Waals surface area contributed by atoms with Crippen molar-refractivity contribution in [2.45, 2.75) is 38.9 Å². The molecule has 2 atom stereocenters. The number of hydrogen-bond acceptors (Lipinski definition) is 2. The van der Waals surface area contributed by atoms with Crippen LogP contribution in [0.4, 0.5) is 4.39 Å². The monoisotopic (exact) mass is 226 g/mol. The Morgan fingerprint density at radius 1 is 1.44 bits per heavy atom. The zero-order valence-electron chi connectivity index (χ0n) is 10.0. The van der Waals surface area contributed by atoms with E-state index < -0.39 is 6.10 Å². The van der Waals surface area contributed by atoms with Gasteiger partial charge >= 0.3 is 0 Å². The molecule has 0 bridgehead atoms. The van der Waals surface area contributed by atoms with E-state index in [1.165, 1.54) is 12.1 Å². The summed E-state index contributed by atoms with van der Waals surface area (Å²) in [5, 5.41) is 10.1. The highest BCUT2D eigenvalue weighted by Crippen LogP contribution is 2.25. The molecule has 0 heterocycles. The van der Waals surface area contributed by atoms with E-state index in [1.54, 1.807) is 13.2 Å². The molecule has 16 heavy (non-hydrogen) atoms. The third-order valence-corrected chi connectivity index (χ3v) is 2.79. The summed E-state index contributed by atoms with van der Waals surface area (Å²) < 4.78 is 18.3. The summed E-state index contributed by atoms with van der Waals surface area (Å²) in [5.74, 6) is -0.328. The Labute approximate surface area is 96.1 Å². The molecule has 1 aromatic rings. The number of aliphatic hydroxyl groups excluding tert-OH is 1. The SMILES string of the molecule is CCCC(OC)C(O)c1cc(F)ccc1C. The summed E-state index contributed by atoms with van der Waals surface area (Å²) in [6.45, 7) is 3.88. The second-order valence-corrected chi connectivity index (χ2v) is 4.01. The molecule has 1 rings (SSSR count). The first-order chi connectivity index (χ1) is 7.60. The van der Waals surface area contributed by atoms with Crippen LogP contribution >= 0.6 is 0 Å². The van der Waals surface area contributed by atoms with Gasteiger partial charge in [0.15, 0.2) is 0 Å². The highest BCUT2D eigenvalue weighted by molar-refractivity contribution is 5.29. The van der Waals surface area contributed by atoms with Crippen molar-refractivity contribution in [3.8, 4) is 0 Å². The molecule has 0 amide bonds. The van der Waals surface area contributed by atoms with E-state index in [0.29, 0.717) is 5.56 Å². The van der Waals surface area contributed by atoms with Gasteiger partial charge in [0.2, 0.25) is 0 Å². The van der Waals surface area contributed by atoms with Gasteiger partial charge in [0.05, 0.1) is 6.10 Å². The van der Waals surface area contributed by atoms with Crippen molar-refractivity contribution >= 4 is 0 Å². The van der Waals surface area contributed by atoms with Crippen LogP contribution < -0.4 is 0 Å². The first-order valence-corrected chi connectivity index (χ1v) is 5.57. The minimum absolute atomic E-state index is 0.273. The van der Waals surface area contributed by atoms with E-state index in [0.717, 1.165) is 18.4 Å². The van der Waals surface area contributed by atoms with Crippen LogP contribution in [-0.2, 0) is 4.74 Å². The number of benzene rings is 1. The van der Waals surface area contributed by atoms with Gasteiger partial charge in [0, 0.05) is 7.11 Å². The van der Waals surface area contributed by atoms with Crippen molar-refractivity contribution in [2.24, 2.45) is 0 Å². The molecule has 1 aromatic carbocycles. The molecule has 1 N–H and O–H groups in total. The smallest absolute Gasteiger partial charge is 0.123 e. The Balaban J connectivity index is 2.93. The summed E-state index contributed by atoms with van der Waals surface area (Å²) in [6, 6.07) is 4.45. The third kappa shape index (κ3) is 3.03. The maximum atomic E-state index is 13.1. The van der Waals surface area contributed by atoms with Gasteiger partial charge in [-0.1, -0.05) is 19.4 Å². The maximum Gasteiger partial charge on any atom is 0.123 e. The summed E-state index contributed by atoms with van der Waals surface area (Å²) in [4.78, 5) is 0. The first-order valence-electron chi connectivity index (χ1n) is 5.57. The summed E-state index contributed by atoms with van der Waals surface area (Å²) in [6.07, 6.45) is 0.642. The van der Waals surface area contributed by atoms with Crippen LogP contribution in [0.15, 0.2) is 18.2 Å². The average Bonchev–Trinajstić information content (AvgIpc) is 2.28. The molecule has 90 valence electrons. The van der Waals surface area contributed by atoms with Crippen molar-refractivity contribution in [3.63, 3.8) is 0 Å². The predicted molar refractivity (Wildman–Crippen MR) is 61.8 cm³/mol. The Morgan fingerprint density at radius 3 is 2.69 bits per heavy atom. The minimum Gasteiger partial charge on any atom is -0.386 e. The third-order valence-electron chi connectivity index (χ3n) is 2.79. The predicted octanol–water partition coefficient (Wildman–Crippen LogP) is 2.98. The average molecular weight is 226 g/mol. The lowest BCUT2D eigenvalue weighted by Crippen LogP contribution is -2.21. The lowest BCUT2D eigenvalue weighted by atomic mass is 9.97. The number of aliphatic hydroxyl groups is 1. The molecule has 0 radical (unpaired) electrons. The van der Waals surface area contributed by atoms with Crippen molar-refractivity contribution in [1.82, 2.24) is 0 Å². The standard InChI is InChI=1S/C13H19FO2/c1-4-5-12(16-3)13(15)11-8-10(14)7-6-9(11)2/h6-8,12-13,15H,4-5H2,1-3H3. The fraction of sp³-hybridized carbons (Fsp3) is 0.538. The normalized spacial score (nSPS) is 14.8. The highest BCUT2D eigenvalue weighted by Gasteiger charge is 2.21. The molecule has 0 saturated carbocycles. The number of rotatable bonds is 5. The van der Waals surface area contributed by atoms with E-state index in [9.17, 15) is 9.50 Å². The van der Waals surface area contributed by atoms with Crippen molar-refractivity contribution in [1.29, 1.82) is 0 Å². The Morgan fingerprint density at radius 2 is 2.12 bits per heavy atom. The zero-order chi connectivity index (χ0) is 12.1. The van der Waals surface area contributed by atoms with Crippen LogP contribution in [0.25, 0.3) is 0 Å². The molecule has 0 spiro atoms. The van der Waals surface area contributed by atoms with Gasteiger partial charge in [-0.15, -0.1) is 0 Å². The van der Waals surface area contributed by atoms with E-state index in [4.69, 9.17) is 4.74 Å². The minimum atomic E-state index is -0.763. The van der Waals surface area contributed by atoms with Crippen LogP contribution in [0.2, 0.25) is 0 Å². The molecule has 2 nitrogen and oxygen atoms in total. The van der Waals surface area contributed by atoms with Gasteiger partial charge < -0.3 is 9.84 Å². The second-order valence-electron chi connectivity index (χ2n) is 4.01. The lowest BCUT2D eigenvalue weighted by Gasteiger charge is -2.22. The van der Waals surface area contributed by atoms with Gasteiger partial charge in [-0.05, 0) is 36.6 Å². The number of halogens is 1. The van der Waals surface area contributed by atoms with Gasteiger partial charge in [0.25, 0.3) is 0 Å². The molecule has 0 aromatic heterocycles. The number of hydrogen-bond donors (Lipinski definition) is 1. The molecular weight excluding hydrogens is 207 g/mol. The Bertz CT molecular complexity index is 339. The lowest BCUT2D eigenvalue weighted by molar-refractivity contribution is -0.0183.